The second-order valence-corrected chi connectivity index (χ2v) is 7.97. The molecular formula is C27H26N2O3. The summed E-state index contributed by atoms with van der Waals surface area (Å²) in [5.74, 6) is 0.545. The van der Waals surface area contributed by atoms with Gasteiger partial charge in [-0.1, -0.05) is 42.5 Å². The third-order valence-electron chi connectivity index (χ3n) is 5.83. The number of amides is 1. The number of rotatable bonds is 6. The average molecular weight is 427 g/mol. The van der Waals surface area contributed by atoms with Crippen molar-refractivity contribution in [2.75, 3.05) is 7.11 Å². The van der Waals surface area contributed by atoms with Gasteiger partial charge in [-0.05, 0) is 66.3 Å². The number of carbonyl (C=O) groups is 1. The summed E-state index contributed by atoms with van der Waals surface area (Å²) in [7, 11) is 1.59. The highest BCUT2D eigenvalue weighted by molar-refractivity contribution is 5.94. The van der Waals surface area contributed by atoms with E-state index in [0.29, 0.717) is 23.4 Å². The molecule has 1 aromatic heterocycles. The number of aromatic amines is 1. The average Bonchev–Trinajstić information content (AvgIpc) is 2.82. The van der Waals surface area contributed by atoms with Crippen LogP contribution in [-0.4, -0.2) is 22.9 Å². The largest absolute Gasteiger partial charge is 0.497 e. The summed E-state index contributed by atoms with van der Waals surface area (Å²) in [6, 6.07) is 22.7. The van der Waals surface area contributed by atoms with Crippen LogP contribution in [0.25, 0.3) is 10.9 Å². The lowest BCUT2D eigenvalue weighted by Crippen LogP contribution is -2.32. The molecule has 5 heteroatoms. The predicted molar refractivity (Wildman–Crippen MR) is 127 cm³/mol. The van der Waals surface area contributed by atoms with Crippen LogP contribution in [0, 0.1) is 13.8 Å². The second-order valence-electron chi connectivity index (χ2n) is 7.97. The van der Waals surface area contributed by atoms with Gasteiger partial charge in [0.15, 0.2) is 0 Å². The second kappa shape index (κ2) is 9.10. The number of H-pyrrole nitrogens is 1. The Bertz CT molecular complexity index is 1310. The van der Waals surface area contributed by atoms with Gasteiger partial charge in [0.2, 0.25) is 0 Å². The number of hydrogen-bond donors (Lipinski definition) is 1. The van der Waals surface area contributed by atoms with E-state index in [1.54, 1.807) is 36.3 Å². The minimum atomic E-state index is -0.174. The van der Waals surface area contributed by atoms with Gasteiger partial charge in [-0.25, -0.2) is 0 Å². The van der Waals surface area contributed by atoms with Gasteiger partial charge in [0.1, 0.15) is 5.75 Å². The molecule has 4 aromatic rings. The number of nitrogens with zero attached hydrogens (tertiary/aromatic N) is 1. The molecule has 32 heavy (non-hydrogen) atoms. The van der Waals surface area contributed by atoms with Gasteiger partial charge in [0.25, 0.3) is 11.5 Å². The molecule has 0 aliphatic heterocycles. The summed E-state index contributed by atoms with van der Waals surface area (Å²) in [5.41, 5.74) is 4.95. The third-order valence-corrected chi connectivity index (χ3v) is 5.83. The molecule has 0 aliphatic rings. The molecule has 0 fully saturated rings. The number of ether oxygens (including phenoxy) is 1. The van der Waals surface area contributed by atoms with Crippen molar-refractivity contribution < 1.29 is 9.53 Å². The Morgan fingerprint density at radius 2 is 1.66 bits per heavy atom. The number of pyridine rings is 1. The molecule has 0 aliphatic carbocycles. The van der Waals surface area contributed by atoms with Crippen LogP contribution in [0.5, 0.6) is 5.75 Å². The molecule has 4 rings (SSSR count). The first kappa shape index (κ1) is 21.4. The SMILES string of the molecule is COc1ccc(C(=O)N(Cc2ccccc2)Cc2cc3ccc(C)c(C)c3[nH]c2=O)cc1. The zero-order valence-electron chi connectivity index (χ0n) is 18.5. The third kappa shape index (κ3) is 4.42. The Morgan fingerprint density at radius 3 is 2.34 bits per heavy atom. The fraction of sp³-hybridized carbons (Fsp3) is 0.185. The molecule has 0 spiro atoms. The summed E-state index contributed by atoms with van der Waals surface area (Å²) in [5, 5.41) is 0.958. The molecule has 5 nitrogen and oxygen atoms in total. The molecule has 0 radical (unpaired) electrons. The minimum Gasteiger partial charge on any atom is -0.497 e. The summed E-state index contributed by atoms with van der Waals surface area (Å²) >= 11 is 0. The highest BCUT2D eigenvalue weighted by Gasteiger charge is 2.19. The van der Waals surface area contributed by atoms with Gasteiger partial charge in [0.05, 0.1) is 19.2 Å². The molecular weight excluding hydrogens is 400 g/mol. The summed E-state index contributed by atoms with van der Waals surface area (Å²) in [6.07, 6.45) is 0. The Hall–Kier alpha value is -3.86. The normalized spacial score (nSPS) is 10.8. The topological polar surface area (TPSA) is 62.4 Å². The van der Waals surface area contributed by atoms with Crippen molar-refractivity contribution >= 4 is 16.8 Å². The van der Waals surface area contributed by atoms with Crippen LogP contribution in [0.1, 0.15) is 32.6 Å². The van der Waals surface area contributed by atoms with E-state index in [2.05, 4.69) is 4.98 Å². The highest BCUT2D eigenvalue weighted by Crippen LogP contribution is 2.21. The number of fused-ring (bicyclic) bond motifs is 1. The van der Waals surface area contributed by atoms with Crippen molar-refractivity contribution in [1.82, 2.24) is 9.88 Å². The van der Waals surface area contributed by atoms with Crippen LogP contribution >= 0.6 is 0 Å². The quantitative estimate of drug-likeness (QED) is 0.472. The predicted octanol–water partition coefficient (Wildman–Crippen LogP) is 5.00. The van der Waals surface area contributed by atoms with E-state index in [-0.39, 0.29) is 18.0 Å². The van der Waals surface area contributed by atoms with Gasteiger partial charge in [0, 0.05) is 17.7 Å². The number of carbonyl (C=O) groups excluding carboxylic acids is 1. The maximum Gasteiger partial charge on any atom is 0.254 e. The lowest BCUT2D eigenvalue weighted by Gasteiger charge is -2.23. The van der Waals surface area contributed by atoms with Crippen LogP contribution in [0.15, 0.2) is 77.6 Å². The van der Waals surface area contributed by atoms with E-state index in [0.717, 1.165) is 27.6 Å². The number of nitrogens with one attached hydrogen (secondary N) is 1. The van der Waals surface area contributed by atoms with Crippen LogP contribution in [0.3, 0.4) is 0 Å². The van der Waals surface area contributed by atoms with Gasteiger partial charge in [-0.15, -0.1) is 0 Å². The first-order valence-electron chi connectivity index (χ1n) is 10.6. The van der Waals surface area contributed by atoms with Crippen molar-refractivity contribution in [3.63, 3.8) is 0 Å². The van der Waals surface area contributed by atoms with Crippen molar-refractivity contribution in [1.29, 1.82) is 0 Å². The molecule has 0 atom stereocenters. The summed E-state index contributed by atoms with van der Waals surface area (Å²) < 4.78 is 5.20. The molecule has 0 saturated heterocycles. The van der Waals surface area contributed by atoms with Crippen molar-refractivity contribution in [3.05, 3.63) is 111 Å². The van der Waals surface area contributed by atoms with Gasteiger partial charge in [-0.3, -0.25) is 9.59 Å². The van der Waals surface area contributed by atoms with E-state index in [1.807, 2.05) is 62.4 Å². The van der Waals surface area contributed by atoms with Gasteiger partial charge >= 0.3 is 0 Å². The monoisotopic (exact) mass is 426 g/mol. The van der Waals surface area contributed by atoms with E-state index >= 15 is 0 Å². The van der Waals surface area contributed by atoms with Crippen molar-refractivity contribution in [2.24, 2.45) is 0 Å². The lowest BCUT2D eigenvalue weighted by molar-refractivity contribution is 0.0729. The first-order valence-corrected chi connectivity index (χ1v) is 10.6. The lowest BCUT2D eigenvalue weighted by atomic mass is 10.0. The van der Waals surface area contributed by atoms with Crippen LogP contribution < -0.4 is 10.3 Å². The Morgan fingerprint density at radius 1 is 0.938 bits per heavy atom. The highest BCUT2D eigenvalue weighted by atomic mass is 16.5. The Balaban J connectivity index is 1.71. The van der Waals surface area contributed by atoms with Crippen LogP contribution in [0.4, 0.5) is 0 Å². The molecule has 3 aromatic carbocycles. The zero-order valence-corrected chi connectivity index (χ0v) is 18.5. The molecule has 1 amide bonds. The minimum absolute atomic E-state index is 0.143. The number of methoxy groups -OCH3 is 1. The molecule has 0 unspecified atom stereocenters. The van der Waals surface area contributed by atoms with E-state index < -0.39 is 0 Å². The number of benzene rings is 3. The van der Waals surface area contributed by atoms with E-state index in [4.69, 9.17) is 4.74 Å². The maximum atomic E-state index is 13.4. The molecule has 0 bridgehead atoms. The Kier molecular flexibility index (Phi) is 6.08. The standard InChI is InChI=1S/C27H26N2O3/c1-18-9-10-22-15-23(26(30)28-25(22)19(18)2)17-29(16-20-7-5-4-6-8-20)27(31)21-11-13-24(32-3)14-12-21/h4-15H,16-17H2,1-3H3,(H,28,30). The first-order chi connectivity index (χ1) is 15.5. The molecule has 0 saturated carbocycles. The number of hydrogen-bond acceptors (Lipinski definition) is 3. The van der Waals surface area contributed by atoms with Gasteiger partial charge < -0.3 is 14.6 Å². The van der Waals surface area contributed by atoms with Gasteiger partial charge in [-0.2, -0.15) is 0 Å². The Labute approximate surface area is 187 Å². The summed E-state index contributed by atoms with van der Waals surface area (Å²) in [6.45, 7) is 4.63. The zero-order chi connectivity index (χ0) is 22.7. The van der Waals surface area contributed by atoms with Crippen LogP contribution in [0.2, 0.25) is 0 Å². The molecule has 1 N–H and O–H groups in total. The fourth-order valence-electron chi connectivity index (χ4n) is 3.81. The van der Waals surface area contributed by atoms with Crippen molar-refractivity contribution in [2.45, 2.75) is 26.9 Å². The number of aryl methyl sites for hydroxylation is 2. The number of aromatic nitrogens is 1. The van der Waals surface area contributed by atoms with E-state index in [9.17, 15) is 9.59 Å². The van der Waals surface area contributed by atoms with E-state index in [1.165, 1.54) is 0 Å². The van der Waals surface area contributed by atoms with Crippen LogP contribution in [-0.2, 0) is 13.1 Å². The molecule has 1 heterocycles. The smallest absolute Gasteiger partial charge is 0.254 e. The summed E-state index contributed by atoms with van der Waals surface area (Å²) in [4.78, 5) is 31.0. The van der Waals surface area contributed by atoms with Crippen molar-refractivity contribution in [3.8, 4) is 5.75 Å². The fourth-order valence-corrected chi connectivity index (χ4v) is 3.81. The molecule has 162 valence electrons. The maximum absolute atomic E-state index is 13.4.